The zero-order valence-electron chi connectivity index (χ0n) is 13.9. The van der Waals surface area contributed by atoms with Crippen molar-refractivity contribution in [1.82, 2.24) is 9.80 Å². The average Bonchev–Trinajstić information content (AvgIpc) is 2.87. The maximum absolute atomic E-state index is 2.60. The first kappa shape index (κ1) is 14.5. The monoisotopic (exact) mass is 284 g/mol. The van der Waals surface area contributed by atoms with Crippen LogP contribution < -0.4 is 0 Å². The number of allylic oxidation sites excluding steroid dienone is 8. The molecule has 0 aromatic rings. The molecular weight excluding hydrogens is 256 g/mol. The van der Waals surface area contributed by atoms with E-state index >= 15 is 0 Å². The van der Waals surface area contributed by atoms with Crippen LogP contribution in [-0.4, -0.2) is 29.6 Å². The molecule has 3 aliphatic rings. The molecule has 1 heterocycles. The summed E-state index contributed by atoms with van der Waals surface area (Å²) in [6.45, 7) is 12.7. The molecule has 114 valence electrons. The van der Waals surface area contributed by atoms with Crippen molar-refractivity contribution in [2.45, 2.75) is 40.5 Å². The predicted octanol–water partition coefficient (Wildman–Crippen LogP) is 4.30. The molecule has 2 aliphatic carbocycles. The van der Waals surface area contributed by atoms with E-state index in [4.69, 9.17) is 0 Å². The van der Waals surface area contributed by atoms with Gasteiger partial charge in [0.15, 0.2) is 0 Å². The van der Waals surface area contributed by atoms with Crippen molar-refractivity contribution in [3.63, 3.8) is 0 Å². The van der Waals surface area contributed by atoms with Crippen LogP contribution in [0.25, 0.3) is 0 Å². The average molecular weight is 284 g/mol. The molecule has 1 atom stereocenters. The smallest absolute Gasteiger partial charge is 0.0899 e. The molecule has 0 aromatic carbocycles. The van der Waals surface area contributed by atoms with E-state index in [0.717, 1.165) is 26.2 Å². The largest absolute Gasteiger partial charge is 0.355 e. The fraction of sp³-hybridized carbons (Fsp3) is 0.579. The summed E-state index contributed by atoms with van der Waals surface area (Å²) in [6, 6.07) is 0. The minimum Gasteiger partial charge on any atom is -0.355 e. The Kier molecular flexibility index (Phi) is 3.73. The van der Waals surface area contributed by atoms with Gasteiger partial charge in [0.25, 0.3) is 0 Å². The van der Waals surface area contributed by atoms with Gasteiger partial charge in [0.05, 0.1) is 6.67 Å². The standard InChI is InChI=1S/C19H28N2/c1-15-8-7-9-16(2)18(15)21-13-12-20(14-21)17-10-5-6-11-19(17,3)4/h5-8,10,16H,9,11-14H2,1-4H3. The number of rotatable bonds is 2. The second kappa shape index (κ2) is 5.40. The minimum absolute atomic E-state index is 0.270. The van der Waals surface area contributed by atoms with Gasteiger partial charge in [0, 0.05) is 29.9 Å². The molecule has 1 saturated heterocycles. The van der Waals surface area contributed by atoms with Gasteiger partial charge in [0.2, 0.25) is 0 Å². The van der Waals surface area contributed by atoms with E-state index in [0.29, 0.717) is 5.92 Å². The van der Waals surface area contributed by atoms with Crippen molar-refractivity contribution in [2.24, 2.45) is 11.3 Å². The van der Waals surface area contributed by atoms with Gasteiger partial charge in [-0.3, -0.25) is 0 Å². The fourth-order valence-electron chi connectivity index (χ4n) is 3.96. The highest BCUT2D eigenvalue weighted by molar-refractivity contribution is 5.30. The Morgan fingerprint density at radius 1 is 1.14 bits per heavy atom. The molecule has 2 heteroatoms. The van der Waals surface area contributed by atoms with Crippen molar-refractivity contribution in [3.05, 3.63) is 47.3 Å². The van der Waals surface area contributed by atoms with Gasteiger partial charge in [-0.05, 0) is 37.3 Å². The van der Waals surface area contributed by atoms with Crippen LogP contribution in [0.15, 0.2) is 47.3 Å². The van der Waals surface area contributed by atoms with Crippen LogP contribution in [0.2, 0.25) is 0 Å². The maximum Gasteiger partial charge on any atom is 0.0899 e. The zero-order chi connectivity index (χ0) is 15.0. The highest BCUT2D eigenvalue weighted by Crippen LogP contribution is 2.38. The van der Waals surface area contributed by atoms with Crippen LogP contribution >= 0.6 is 0 Å². The van der Waals surface area contributed by atoms with Gasteiger partial charge in [-0.1, -0.05) is 45.1 Å². The summed E-state index contributed by atoms with van der Waals surface area (Å²) < 4.78 is 0. The Morgan fingerprint density at radius 2 is 1.90 bits per heavy atom. The van der Waals surface area contributed by atoms with Gasteiger partial charge in [0.1, 0.15) is 0 Å². The Bertz CT molecular complexity index is 534. The van der Waals surface area contributed by atoms with Crippen LogP contribution in [0.5, 0.6) is 0 Å². The molecule has 1 aliphatic heterocycles. The van der Waals surface area contributed by atoms with Crippen LogP contribution in [0, 0.1) is 11.3 Å². The Morgan fingerprint density at radius 3 is 2.62 bits per heavy atom. The molecule has 21 heavy (non-hydrogen) atoms. The molecule has 0 amide bonds. The molecule has 0 saturated carbocycles. The molecule has 0 bridgehead atoms. The lowest BCUT2D eigenvalue weighted by Gasteiger charge is -2.37. The van der Waals surface area contributed by atoms with Crippen LogP contribution in [0.3, 0.4) is 0 Å². The summed E-state index contributed by atoms with van der Waals surface area (Å²) in [7, 11) is 0. The Balaban J connectivity index is 1.78. The summed E-state index contributed by atoms with van der Waals surface area (Å²) in [5.41, 5.74) is 4.79. The summed E-state index contributed by atoms with van der Waals surface area (Å²) in [4.78, 5) is 5.17. The summed E-state index contributed by atoms with van der Waals surface area (Å²) in [5, 5.41) is 0. The van der Waals surface area contributed by atoms with E-state index < -0.39 is 0 Å². The summed E-state index contributed by atoms with van der Waals surface area (Å²) in [6.07, 6.45) is 13.8. The molecule has 2 nitrogen and oxygen atoms in total. The van der Waals surface area contributed by atoms with Crippen molar-refractivity contribution in [2.75, 3.05) is 19.8 Å². The van der Waals surface area contributed by atoms with E-state index in [2.05, 4.69) is 67.9 Å². The van der Waals surface area contributed by atoms with Gasteiger partial charge in [-0.15, -0.1) is 0 Å². The number of hydrogen-bond donors (Lipinski definition) is 0. The van der Waals surface area contributed by atoms with Crippen molar-refractivity contribution < 1.29 is 0 Å². The first-order valence-corrected chi connectivity index (χ1v) is 8.23. The molecule has 1 unspecified atom stereocenters. The normalized spacial score (nSPS) is 28.4. The van der Waals surface area contributed by atoms with E-state index in [-0.39, 0.29) is 5.41 Å². The highest BCUT2D eigenvalue weighted by atomic mass is 15.4. The van der Waals surface area contributed by atoms with Crippen molar-refractivity contribution >= 4 is 0 Å². The first-order valence-electron chi connectivity index (χ1n) is 8.23. The molecule has 0 radical (unpaired) electrons. The fourth-order valence-corrected chi connectivity index (χ4v) is 3.96. The predicted molar refractivity (Wildman–Crippen MR) is 89.5 cm³/mol. The summed E-state index contributed by atoms with van der Waals surface area (Å²) in [5.74, 6) is 0.656. The molecule has 0 aromatic heterocycles. The van der Waals surface area contributed by atoms with E-state index in [9.17, 15) is 0 Å². The van der Waals surface area contributed by atoms with Crippen molar-refractivity contribution in [3.8, 4) is 0 Å². The van der Waals surface area contributed by atoms with Crippen LogP contribution in [0.4, 0.5) is 0 Å². The maximum atomic E-state index is 2.60. The van der Waals surface area contributed by atoms with E-state index in [1.54, 1.807) is 5.70 Å². The second-order valence-corrected chi connectivity index (χ2v) is 7.34. The summed E-state index contributed by atoms with van der Waals surface area (Å²) >= 11 is 0. The van der Waals surface area contributed by atoms with Crippen LogP contribution in [0.1, 0.15) is 40.5 Å². The van der Waals surface area contributed by atoms with Gasteiger partial charge in [-0.2, -0.15) is 0 Å². The Hall–Kier alpha value is -1.44. The SMILES string of the molecule is CC1=C(N2CCN(C3=CC=CCC3(C)C)C2)C(C)CC=C1. The lowest BCUT2D eigenvalue weighted by Crippen LogP contribution is -2.33. The minimum atomic E-state index is 0.270. The second-order valence-electron chi connectivity index (χ2n) is 7.34. The van der Waals surface area contributed by atoms with Gasteiger partial charge < -0.3 is 9.80 Å². The van der Waals surface area contributed by atoms with E-state index in [1.807, 2.05) is 0 Å². The molecule has 0 N–H and O–H groups in total. The lowest BCUT2D eigenvalue weighted by atomic mass is 9.82. The zero-order valence-corrected chi connectivity index (χ0v) is 13.9. The van der Waals surface area contributed by atoms with Crippen molar-refractivity contribution in [1.29, 1.82) is 0 Å². The van der Waals surface area contributed by atoms with Gasteiger partial charge >= 0.3 is 0 Å². The molecule has 1 fully saturated rings. The third kappa shape index (κ3) is 2.68. The van der Waals surface area contributed by atoms with Crippen LogP contribution in [-0.2, 0) is 0 Å². The van der Waals surface area contributed by atoms with Gasteiger partial charge in [-0.25, -0.2) is 0 Å². The molecular formula is C19H28N2. The first-order chi connectivity index (χ1) is 9.99. The lowest BCUT2D eigenvalue weighted by molar-refractivity contribution is 0.248. The van der Waals surface area contributed by atoms with E-state index in [1.165, 1.54) is 17.7 Å². The third-order valence-corrected chi connectivity index (χ3v) is 5.10. The topological polar surface area (TPSA) is 6.48 Å². The molecule has 0 spiro atoms. The highest BCUT2D eigenvalue weighted by Gasteiger charge is 2.33. The number of hydrogen-bond acceptors (Lipinski definition) is 2. The quantitative estimate of drug-likeness (QED) is 0.746. The number of nitrogens with zero attached hydrogens (tertiary/aromatic N) is 2. The Labute approximate surface area is 129 Å². The third-order valence-electron chi connectivity index (χ3n) is 5.10. The molecule has 3 rings (SSSR count).